The zero-order chi connectivity index (χ0) is 17.3. The minimum absolute atomic E-state index is 0.0564. The van der Waals surface area contributed by atoms with Gasteiger partial charge in [-0.1, -0.05) is 18.2 Å². The summed E-state index contributed by atoms with van der Waals surface area (Å²) in [5, 5.41) is 20.1. The molecule has 0 spiro atoms. The molecule has 0 fully saturated rings. The van der Waals surface area contributed by atoms with Gasteiger partial charge in [-0.15, -0.1) is 0 Å². The standard InChI is InChI=1S/C18H15F2NO3/c1-10(22)18(23)16-13(19)5-3-7-15(16)24-12-8-11-4-2-6-14(20)17(11)21-9-12/h2-10,18,22-23H,1H3. The molecule has 6 heteroatoms. The molecular formula is C18H15F2NO3. The van der Waals surface area contributed by atoms with Crippen molar-refractivity contribution in [3.8, 4) is 11.5 Å². The summed E-state index contributed by atoms with van der Waals surface area (Å²) < 4.78 is 33.3. The Labute approximate surface area is 137 Å². The van der Waals surface area contributed by atoms with Crippen LogP contribution in [0, 0.1) is 11.6 Å². The second kappa shape index (κ2) is 6.51. The monoisotopic (exact) mass is 331 g/mol. The average Bonchev–Trinajstić information content (AvgIpc) is 2.54. The molecule has 24 heavy (non-hydrogen) atoms. The van der Waals surface area contributed by atoms with E-state index in [1.54, 1.807) is 18.2 Å². The summed E-state index contributed by atoms with van der Waals surface area (Å²) in [7, 11) is 0. The lowest BCUT2D eigenvalue weighted by atomic mass is 10.0. The Morgan fingerprint density at radius 1 is 1.04 bits per heavy atom. The molecule has 0 amide bonds. The fraction of sp³-hybridized carbons (Fsp3) is 0.167. The Morgan fingerprint density at radius 2 is 1.75 bits per heavy atom. The topological polar surface area (TPSA) is 62.6 Å². The largest absolute Gasteiger partial charge is 0.455 e. The van der Waals surface area contributed by atoms with E-state index in [1.807, 2.05) is 0 Å². The Morgan fingerprint density at radius 3 is 2.50 bits per heavy atom. The van der Waals surface area contributed by atoms with Gasteiger partial charge in [-0.05, 0) is 31.2 Å². The molecule has 0 radical (unpaired) electrons. The summed E-state index contributed by atoms with van der Waals surface area (Å²) in [5.41, 5.74) is 0.0557. The van der Waals surface area contributed by atoms with Crippen LogP contribution in [0.4, 0.5) is 8.78 Å². The number of fused-ring (bicyclic) bond motifs is 1. The van der Waals surface area contributed by atoms with Crippen LogP contribution < -0.4 is 4.74 Å². The molecule has 0 aliphatic rings. The molecule has 2 N–H and O–H groups in total. The van der Waals surface area contributed by atoms with Gasteiger partial charge in [-0.25, -0.2) is 13.8 Å². The van der Waals surface area contributed by atoms with E-state index < -0.39 is 23.8 Å². The van der Waals surface area contributed by atoms with Crippen LogP contribution in [0.15, 0.2) is 48.7 Å². The van der Waals surface area contributed by atoms with E-state index in [-0.39, 0.29) is 22.6 Å². The van der Waals surface area contributed by atoms with Crippen molar-refractivity contribution in [3.63, 3.8) is 0 Å². The number of nitrogens with zero attached hydrogens (tertiary/aromatic N) is 1. The average molecular weight is 331 g/mol. The van der Waals surface area contributed by atoms with Gasteiger partial charge in [-0.2, -0.15) is 0 Å². The van der Waals surface area contributed by atoms with Gasteiger partial charge in [0.25, 0.3) is 0 Å². The molecule has 2 unspecified atom stereocenters. The lowest BCUT2D eigenvalue weighted by molar-refractivity contribution is 0.0270. The van der Waals surface area contributed by atoms with Crippen molar-refractivity contribution >= 4 is 10.9 Å². The number of aliphatic hydroxyl groups is 2. The molecule has 0 aliphatic heterocycles. The van der Waals surface area contributed by atoms with Gasteiger partial charge in [0.2, 0.25) is 0 Å². The molecule has 1 heterocycles. The number of rotatable bonds is 4. The number of halogens is 2. The first-order valence-electron chi connectivity index (χ1n) is 7.34. The normalized spacial score (nSPS) is 13.7. The van der Waals surface area contributed by atoms with E-state index in [9.17, 15) is 19.0 Å². The van der Waals surface area contributed by atoms with Crippen molar-refractivity contribution in [2.24, 2.45) is 0 Å². The van der Waals surface area contributed by atoms with Crippen LogP contribution in [0.2, 0.25) is 0 Å². The van der Waals surface area contributed by atoms with E-state index in [0.29, 0.717) is 5.39 Å². The van der Waals surface area contributed by atoms with Crippen LogP contribution in [0.25, 0.3) is 10.9 Å². The second-order valence-corrected chi connectivity index (χ2v) is 5.42. The van der Waals surface area contributed by atoms with Crippen LogP contribution in [0.1, 0.15) is 18.6 Å². The molecule has 124 valence electrons. The highest BCUT2D eigenvalue weighted by Crippen LogP contribution is 2.34. The number of para-hydroxylation sites is 1. The maximum atomic E-state index is 14.1. The van der Waals surface area contributed by atoms with E-state index in [0.717, 1.165) is 0 Å². The third kappa shape index (κ3) is 3.06. The summed E-state index contributed by atoms with van der Waals surface area (Å²) in [6, 6.07) is 10.2. The van der Waals surface area contributed by atoms with Gasteiger partial charge in [0.05, 0.1) is 17.9 Å². The third-order valence-electron chi connectivity index (χ3n) is 3.63. The first kappa shape index (κ1) is 16.3. The molecule has 0 saturated heterocycles. The summed E-state index contributed by atoms with van der Waals surface area (Å²) in [4.78, 5) is 4.00. The molecule has 0 bridgehead atoms. The Bertz CT molecular complexity index is 883. The number of benzene rings is 2. The predicted octanol–water partition coefficient (Wildman–Crippen LogP) is 3.72. The number of hydrogen-bond donors (Lipinski definition) is 2. The van der Waals surface area contributed by atoms with Crippen LogP contribution in [0.3, 0.4) is 0 Å². The molecule has 0 aliphatic carbocycles. The maximum absolute atomic E-state index is 14.1. The Hall–Kier alpha value is -2.57. The maximum Gasteiger partial charge on any atom is 0.149 e. The fourth-order valence-corrected chi connectivity index (χ4v) is 2.42. The van der Waals surface area contributed by atoms with E-state index >= 15 is 0 Å². The Balaban J connectivity index is 2.01. The highest BCUT2D eigenvalue weighted by molar-refractivity contribution is 5.80. The molecule has 2 aromatic carbocycles. The van der Waals surface area contributed by atoms with Crippen LogP contribution in [-0.4, -0.2) is 21.3 Å². The number of aromatic nitrogens is 1. The van der Waals surface area contributed by atoms with Crippen molar-refractivity contribution < 1.29 is 23.7 Å². The summed E-state index contributed by atoms with van der Waals surface area (Å²) in [6.45, 7) is 1.35. The van der Waals surface area contributed by atoms with Gasteiger partial charge in [0.1, 0.15) is 34.8 Å². The van der Waals surface area contributed by atoms with Crippen molar-refractivity contribution in [2.45, 2.75) is 19.1 Å². The second-order valence-electron chi connectivity index (χ2n) is 5.42. The van der Waals surface area contributed by atoms with Gasteiger partial charge < -0.3 is 14.9 Å². The summed E-state index contributed by atoms with van der Waals surface area (Å²) in [5.74, 6) is -0.825. The Kier molecular flexibility index (Phi) is 4.42. The van der Waals surface area contributed by atoms with Crippen LogP contribution >= 0.6 is 0 Å². The molecule has 0 saturated carbocycles. The van der Waals surface area contributed by atoms with Gasteiger partial charge in [0, 0.05) is 5.39 Å². The first-order valence-corrected chi connectivity index (χ1v) is 7.34. The summed E-state index contributed by atoms with van der Waals surface area (Å²) >= 11 is 0. The van der Waals surface area contributed by atoms with E-state index in [2.05, 4.69) is 4.98 Å². The molecule has 4 nitrogen and oxygen atoms in total. The number of pyridine rings is 1. The van der Waals surface area contributed by atoms with Gasteiger partial charge in [0.15, 0.2) is 0 Å². The van der Waals surface area contributed by atoms with Crippen molar-refractivity contribution in [1.29, 1.82) is 0 Å². The SMILES string of the molecule is CC(O)C(O)c1c(F)cccc1Oc1cnc2c(F)cccc2c1. The van der Waals surface area contributed by atoms with Crippen molar-refractivity contribution in [1.82, 2.24) is 4.98 Å². The minimum Gasteiger partial charge on any atom is -0.455 e. The first-order chi connectivity index (χ1) is 11.5. The van der Waals surface area contributed by atoms with Crippen LogP contribution in [0.5, 0.6) is 11.5 Å². The number of ether oxygens (including phenoxy) is 1. The highest BCUT2D eigenvalue weighted by atomic mass is 19.1. The third-order valence-corrected chi connectivity index (χ3v) is 3.63. The van der Waals surface area contributed by atoms with Gasteiger partial charge in [-0.3, -0.25) is 0 Å². The van der Waals surface area contributed by atoms with Gasteiger partial charge >= 0.3 is 0 Å². The highest BCUT2D eigenvalue weighted by Gasteiger charge is 2.23. The predicted molar refractivity (Wildman–Crippen MR) is 84.8 cm³/mol. The molecule has 2 atom stereocenters. The summed E-state index contributed by atoms with van der Waals surface area (Å²) in [6.07, 6.45) is -1.30. The van der Waals surface area contributed by atoms with E-state index in [1.165, 1.54) is 37.4 Å². The quantitative estimate of drug-likeness (QED) is 0.765. The molecule has 3 rings (SSSR count). The van der Waals surface area contributed by atoms with Crippen molar-refractivity contribution in [2.75, 3.05) is 0 Å². The number of hydrogen-bond acceptors (Lipinski definition) is 4. The zero-order valence-electron chi connectivity index (χ0n) is 12.8. The molecular weight excluding hydrogens is 316 g/mol. The lowest BCUT2D eigenvalue weighted by Gasteiger charge is -2.18. The molecule has 1 aromatic heterocycles. The molecule has 3 aromatic rings. The van der Waals surface area contributed by atoms with E-state index in [4.69, 9.17) is 4.74 Å². The van der Waals surface area contributed by atoms with Crippen molar-refractivity contribution in [3.05, 3.63) is 65.9 Å². The number of aliphatic hydroxyl groups excluding tert-OH is 2. The van der Waals surface area contributed by atoms with Crippen LogP contribution in [-0.2, 0) is 0 Å². The zero-order valence-corrected chi connectivity index (χ0v) is 12.8. The minimum atomic E-state index is -1.44. The lowest BCUT2D eigenvalue weighted by Crippen LogP contribution is -2.16. The smallest absolute Gasteiger partial charge is 0.149 e. The fourth-order valence-electron chi connectivity index (χ4n) is 2.42.